The number of thiophene rings is 1. The highest BCUT2D eigenvalue weighted by Crippen LogP contribution is 2.34. The number of primary amides is 1. The summed E-state index contributed by atoms with van der Waals surface area (Å²) in [6.07, 6.45) is 2.39. The Bertz CT molecular complexity index is 686. The summed E-state index contributed by atoms with van der Waals surface area (Å²) in [7, 11) is 0. The van der Waals surface area contributed by atoms with Gasteiger partial charge in [0.05, 0.1) is 24.6 Å². The van der Waals surface area contributed by atoms with Crippen LogP contribution < -0.4 is 11.1 Å². The van der Waals surface area contributed by atoms with Gasteiger partial charge in [-0.1, -0.05) is 6.92 Å². The van der Waals surface area contributed by atoms with Gasteiger partial charge in [-0.25, -0.2) is 4.79 Å². The zero-order valence-electron chi connectivity index (χ0n) is 15.6. The minimum atomic E-state index is -0.414. The number of piperidine rings is 1. The van der Waals surface area contributed by atoms with Crippen molar-refractivity contribution in [3.8, 4) is 0 Å². The lowest BCUT2D eigenvalue weighted by Crippen LogP contribution is -2.44. The molecule has 1 aromatic heterocycles. The Kier molecular flexibility index (Phi) is 7.16. The number of carbonyl (C=O) groups excluding carboxylic acids is 3. The minimum absolute atomic E-state index is 0.171. The van der Waals surface area contributed by atoms with Crippen LogP contribution in [0, 0.1) is 12.8 Å². The Morgan fingerprint density at radius 1 is 1.35 bits per heavy atom. The minimum Gasteiger partial charge on any atom is -0.462 e. The largest absolute Gasteiger partial charge is 0.462 e. The van der Waals surface area contributed by atoms with Crippen LogP contribution in [-0.4, -0.2) is 48.9 Å². The van der Waals surface area contributed by atoms with E-state index in [4.69, 9.17) is 10.5 Å². The maximum absolute atomic E-state index is 12.5. The summed E-state index contributed by atoms with van der Waals surface area (Å²) in [4.78, 5) is 39.1. The second kappa shape index (κ2) is 9.14. The molecule has 0 spiro atoms. The number of nitrogens with two attached hydrogens (primary N) is 1. The molecule has 1 aliphatic rings. The van der Waals surface area contributed by atoms with Crippen LogP contribution in [0.4, 0.5) is 5.00 Å². The van der Waals surface area contributed by atoms with Crippen LogP contribution in [0.1, 0.15) is 47.5 Å². The number of rotatable bonds is 7. The predicted octanol–water partition coefficient (Wildman–Crippen LogP) is 1.93. The first-order valence-electron chi connectivity index (χ1n) is 8.98. The summed E-state index contributed by atoms with van der Waals surface area (Å²) in [6, 6.07) is 0. The lowest BCUT2D eigenvalue weighted by molar-refractivity contribution is -0.125. The van der Waals surface area contributed by atoms with Gasteiger partial charge in [-0.05, 0) is 45.2 Å². The van der Waals surface area contributed by atoms with Crippen molar-refractivity contribution in [2.45, 2.75) is 40.0 Å². The number of amides is 2. The van der Waals surface area contributed by atoms with Crippen LogP contribution in [0.2, 0.25) is 0 Å². The van der Waals surface area contributed by atoms with E-state index in [-0.39, 0.29) is 30.9 Å². The third-order valence-corrected chi connectivity index (χ3v) is 5.93. The van der Waals surface area contributed by atoms with Crippen molar-refractivity contribution in [1.82, 2.24) is 4.90 Å². The summed E-state index contributed by atoms with van der Waals surface area (Å²) in [5, 5.41) is 3.39. The summed E-state index contributed by atoms with van der Waals surface area (Å²) in [5.74, 6) is -1.14. The molecule has 8 heteroatoms. The molecular formula is C18H27N3O4S. The van der Waals surface area contributed by atoms with E-state index in [2.05, 4.69) is 5.32 Å². The molecule has 1 saturated heterocycles. The average molecular weight is 381 g/mol. The molecule has 0 aliphatic carbocycles. The molecule has 26 heavy (non-hydrogen) atoms. The second-order valence-corrected chi connectivity index (χ2v) is 7.56. The predicted molar refractivity (Wildman–Crippen MR) is 101 cm³/mol. The quantitative estimate of drug-likeness (QED) is 0.703. The van der Waals surface area contributed by atoms with Gasteiger partial charge in [0.1, 0.15) is 5.00 Å². The van der Waals surface area contributed by atoms with Gasteiger partial charge in [-0.2, -0.15) is 0 Å². The monoisotopic (exact) mass is 381 g/mol. The van der Waals surface area contributed by atoms with Crippen LogP contribution in [0.25, 0.3) is 0 Å². The van der Waals surface area contributed by atoms with Crippen molar-refractivity contribution in [2.24, 2.45) is 11.7 Å². The van der Waals surface area contributed by atoms with E-state index in [9.17, 15) is 14.4 Å². The van der Waals surface area contributed by atoms with Crippen molar-refractivity contribution in [3.63, 3.8) is 0 Å². The second-order valence-electron chi connectivity index (χ2n) is 6.45. The van der Waals surface area contributed by atoms with Gasteiger partial charge < -0.3 is 15.8 Å². The number of carbonyl (C=O) groups is 3. The van der Waals surface area contributed by atoms with E-state index in [1.165, 1.54) is 11.3 Å². The molecule has 1 aromatic rings. The van der Waals surface area contributed by atoms with E-state index in [0.717, 1.165) is 36.2 Å². The first kappa shape index (κ1) is 20.4. The van der Waals surface area contributed by atoms with E-state index in [1.807, 2.05) is 18.7 Å². The molecule has 3 N–H and O–H groups in total. The van der Waals surface area contributed by atoms with Crippen LogP contribution in [0.15, 0.2) is 0 Å². The fourth-order valence-corrected chi connectivity index (χ4v) is 4.38. The number of aryl methyl sites for hydroxylation is 1. The third kappa shape index (κ3) is 4.82. The Labute approximate surface area is 157 Å². The van der Waals surface area contributed by atoms with Crippen LogP contribution in [-0.2, 0) is 20.7 Å². The number of esters is 1. The van der Waals surface area contributed by atoms with Gasteiger partial charge >= 0.3 is 5.97 Å². The third-order valence-electron chi connectivity index (χ3n) is 4.57. The summed E-state index contributed by atoms with van der Waals surface area (Å²) < 4.78 is 5.13. The molecule has 2 heterocycles. The molecule has 1 fully saturated rings. The molecule has 0 bridgehead atoms. The SMILES string of the molecule is CCOC(=O)c1c(NC(=O)CN2CCC[C@H](C(N)=O)C2)sc(CC)c1C. The zero-order chi connectivity index (χ0) is 19.3. The maximum atomic E-state index is 12.5. The molecule has 0 saturated carbocycles. The number of ether oxygens (including phenoxy) is 1. The maximum Gasteiger partial charge on any atom is 0.341 e. The van der Waals surface area contributed by atoms with E-state index in [1.54, 1.807) is 6.92 Å². The molecule has 0 unspecified atom stereocenters. The number of nitrogens with one attached hydrogen (secondary N) is 1. The van der Waals surface area contributed by atoms with Gasteiger partial charge in [-0.15, -0.1) is 11.3 Å². The van der Waals surface area contributed by atoms with Gasteiger partial charge in [0.2, 0.25) is 11.8 Å². The number of likely N-dealkylation sites (tertiary alicyclic amines) is 1. The van der Waals surface area contributed by atoms with Crippen LogP contribution in [0.3, 0.4) is 0 Å². The molecule has 2 amide bonds. The number of hydrogen-bond acceptors (Lipinski definition) is 6. The Balaban J connectivity index is 2.08. The lowest BCUT2D eigenvalue weighted by atomic mass is 9.97. The first-order chi connectivity index (χ1) is 12.4. The number of anilines is 1. The summed E-state index contributed by atoms with van der Waals surface area (Å²) >= 11 is 1.41. The molecule has 7 nitrogen and oxygen atoms in total. The first-order valence-corrected chi connectivity index (χ1v) is 9.79. The standard InChI is InChI=1S/C18H27N3O4S/c1-4-13-11(3)15(18(24)25-5-2)17(26-13)20-14(22)10-21-8-6-7-12(9-21)16(19)23/h12H,4-10H2,1-3H3,(H2,19,23)(H,20,22)/t12-/m0/s1. The Morgan fingerprint density at radius 2 is 2.08 bits per heavy atom. The summed E-state index contributed by atoms with van der Waals surface area (Å²) in [5.41, 5.74) is 6.68. The van der Waals surface area contributed by atoms with Gasteiger partial charge in [0, 0.05) is 11.4 Å². The number of nitrogens with zero attached hydrogens (tertiary/aromatic N) is 1. The number of hydrogen-bond donors (Lipinski definition) is 2. The zero-order valence-corrected chi connectivity index (χ0v) is 16.4. The molecule has 0 aromatic carbocycles. The lowest BCUT2D eigenvalue weighted by Gasteiger charge is -2.30. The fraction of sp³-hybridized carbons (Fsp3) is 0.611. The molecule has 144 valence electrons. The Hall–Kier alpha value is -1.93. The van der Waals surface area contributed by atoms with Gasteiger partial charge in [0.25, 0.3) is 0 Å². The van der Waals surface area contributed by atoms with Crippen molar-refractivity contribution < 1.29 is 19.1 Å². The van der Waals surface area contributed by atoms with E-state index >= 15 is 0 Å². The van der Waals surface area contributed by atoms with Crippen molar-refractivity contribution in [1.29, 1.82) is 0 Å². The normalized spacial score (nSPS) is 17.7. The highest BCUT2D eigenvalue weighted by Gasteiger charge is 2.27. The van der Waals surface area contributed by atoms with Crippen molar-refractivity contribution >= 4 is 34.1 Å². The van der Waals surface area contributed by atoms with Crippen LogP contribution in [0.5, 0.6) is 0 Å². The molecule has 1 atom stereocenters. The van der Waals surface area contributed by atoms with Crippen LogP contribution >= 0.6 is 11.3 Å². The highest BCUT2D eigenvalue weighted by atomic mass is 32.1. The molecule has 2 rings (SSSR count). The van der Waals surface area contributed by atoms with Gasteiger partial charge in [0.15, 0.2) is 0 Å². The molecule has 1 aliphatic heterocycles. The van der Waals surface area contributed by atoms with E-state index < -0.39 is 5.97 Å². The van der Waals surface area contributed by atoms with Crippen molar-refractivity contribution in [3.05, 3.63) is 16.0 Å². The smallest absolute Gasteiger partial charge is 0.341 e. The topological polar surface area (TPSA) is 102 Å². The average Bonchev–Trinajstić information content (AvgIpc) is 2.90. The van der Waals surface area contributed by atoms with Gasteiger partial charge in [-0.3, -0.25) is 14.5 Å². The highest BCUT2D eigenvalue weighted by molar-refractivity contribution is 7.17. The Morgan fingerprint density at radius 3 is 2.69 bits per heavy atom. The van der Waals surface area contributed by atoms with Crippen molar-refractivity contribution in [2.75, 3.05) is 31.6 Å². The fourth-order valence-electron chi connectivity index (χ4n) is 3.24. The molecule has 0 radical (unpaired) electrons. The van der Waals surface area contributed by atoms with E-state index in [0.29, 0.717) is 17.1 Å². The summed E-state index contributed by atoms with van der Waals surface area (Å²) in [6.45, 7) is 7.35. The molecular weight excluding hydrogens is 354 g/mol.